The van der Waals surface area contributed by atoms with Crippen molar-refractivity contribution < 1.29 is 0 Å². The number of aromatic nitrogens is 4. The second-order valence-electron chi connectivity index (χ2n) is 8.12. The van der Waals surface area contributed by atoms with Gasteiger partial charge in [0.25, 0.3) is 0 Å². The van der Waals surface area contributed by atoms with Crippen molar-refractivity contribution in [2.45, 2.75) is 6.54 Å². The Kier molecular flexibility index (Phi) is 5.42. The van der Waals surface area contributed by atoms with Gasteiger partial charge in [0, 0.05) is 48.2 Å². The highest BCUT2D eigenvalue weighted by atomic mass is 35.5. The zero-order chi connectivity index (χ0) is 22.4. The summed E-state index contributed by atoms with van der Waals surface area (Å²) in [6, 6.07) is 17.9. The summed E-state index contributed by atoms with van der Waals surface area (Å²) in [6.45, 7) is 4.52. The molecule has 0 atom stereocenters. The molecule has 1 aliphatic rings. The van der Waals surface area contributed by atoms with Gasteiger partial charge in [-0.1, -0.05) is 41.4 Å². The van der Waals surface area contributed by atoms with Crippen molar-refractivity contribution in [2.24, 2.45) is 0 Å². The summed E-state index contributed by atoms with van der Waals surface area (Å²) < 4.78 is 2.09. The monoisotopic (exact) mass is 494 g/mol. The summed E-state index contributed by atoms with van der Waals surface area (Å²) in [4.78, 5) is 10.9. The molecule has 0 aliphatic carbocycles. The van der Waals surface area contributed by atoms with Crippen LogP contribution in [0.3, 0.4) is 0 Å². The highest BCUT2D eigenvalue weighted by Crippen LogP contribution is 2.31. The maximum Gasteiger partial charge on any atom is 0.213 e. The molecule has 4 heterocycles. The van der Waals surface area contributed by atoms with Crippen molar-refractivity contribution in [3.63, 3.8) is 0 Å². The number of anilines is 1. The third-order valence-electron chi connectivity index (χ3n) is 6.00. The Morgan fingerprint density at radius 1 is 0.879 bits per heavy atom. The molecule has 0 N–H and O–H groups in total. The molecule has 2 aromatic carbocycles. The molecule has 0 spiro atoms. The molecule has 3 aromatic heterocycles. The minimum Gasteiger partial charge on any atom is -0.339 e. The minimum atomic E-state index is 0.663. The zero-order valence-electron chi connectivity index (χ0n) is 17.7. The lowest BCUT2D eigenvalue weighted by molar-refractivity contribution is 0.248. The second-order valence-corrected chi connectivity index (χ2v) is 9.94. The van der Waals surface area contributed by atoms with Crippen LogP contribution in [-0.2, 0) is 6.54 Å². The molecule has 6 rings (SSSR count). The Hall–Kier alpha value is -2.71. The fourth-order valence-electron chi connectivity index (χ4n) is 4.32. The first-order valence-corrected chi connectivity index (χ1v) is 12.4. The van der Waals surface area contributed by atoms with Crippen LogP contribution in [-0.4, -0.2) is 50.7 Å². The molecule has 1 aliphatic heterocycles. The van der Waals surface area contributed by atoms with Crippen LogP contribution in [0, 0.1) is 0 Å². The summed E-state index contributed by atoms with van der Waals surface area (Å²) in [5.41, 5.74) is 2.91. The fraction of sp³-hybridized carbons (Fsp3) is 0.208. The number of hydrogen-bond donors (Lipinski definition) is 0. The summed E-state index contributed by atoms with van der Waals surface area (Å²) in [5.74, 6) is 1.68. The number of piperazine rings is 1. The number of benzene rings is 2. The second kappa shape index (κ2) is 8.57. The molecule has 0 unspecified atom stereocenters. The van der Waals surface area contributed by atoms with Gasteiger partial charge >= 0.3 is 0 Å². The first kappa shape index (κ1) is 20.9. The Labute approximate surface area is 205 Å². The van der Waals surface area contributed by atoms with Crippen LogP contribution >= 0.6 is 34.5 Å². The largest absolute Gasteiger partial charge is 0.339 e. The van der Waals surface area contributed by atoms with Crippen molar-refractivity contribution in [1.29, 1.82) is 0 Å². The number of nitrogens with zero attached hydrogens (tertiary/aromatic N) is 6. The Balaban J connectivity index is 1.36. The number of rotatable bonds is 4. The summed E-state index contributed by atoms with van der Waals surface area (Å²) >= 11 is 14.0. The zero-order valence-corrected chi connectivity index (χ0v) is 20.0. The van der Waals surface area contributed by atoms with Crippen LogP contribution in [0.1, 0.15) is 5.56 Å². The molecule has 0 amide bonds. The Morgan fingerprint density at radius 2 is 1.67 bits per heavy atom. The summed E-state index contributed by atoms with van der Waals surface area (Å²) in [5, 5.41) is 13.5. The standard InChI is InChI=1S/C24H20Cl2N6S/c25-17-5-3-16(4-6-17)15-30-9-11-31(12-10-30)24-27-20-14-18(26)7-8-19(20)22-28-29-23(32(22)24)21-2-1-13-33-21/h1-8,13-14H,9-12,15H2. The van der Waals surface area contributed by atoms with Crippen LogP contribution in [0.5, 0.6) is 0 Å². The number of fused-ring (bicyclic) bond motifs is 3. The molecule has 166 valence electrons. The topological polar surface area (TPSA) is 49.6 Å². The van der Waals surface area contributed by atoms with E-state index in [1.807, 2.05) is 36.4 Å². The van der Waals surface area contributed by atoms with Gasteiger partial charge < -0.3 is 4.90 Å². The molecular formula is C24H20Cl2N6S. The van der Waals surface area contributed by atoms with Crippen molar-refractivity contribution in [2.75, 3.05) is 31.1 Å². The van der Waals surface area contributed by atoms with Gasteiger partial charge in [-0.25, -0.2) is 9.38 Å². The van der Waals surface area contributed by atoms with Gasteiger partial charge in [0.05, 0.1) is 10.4 Å². The molecular weight excluding hydrogens is 475 g/mol. The normalized spacial score (nSPS) is 15.0. The molecule has 9 heteroatoms. The van der Waals surface area contributed by atoms with E-state index < -0.39 is 0 Å². The minimum absolute atomic E-state index is 0.663. The quantitative estimate of drug-likeness (QED) is 0.323. The highest BCUT2D eigenvalue weighted by molar-refractivity contribution is 7.13. The number of hydrogen-bond acceptors (Lipinski definition) is 6. The van der Waals surface area contributed by atoms with Crippen LogP contribution < -0.4 is 4.90 Å². The van der Waals surface area contributed by atoms with Gasteiger partial charge in [-0.05, 0) is 47.3 Å². The SMILES string of the molecule is Clc1ccc(CN2CCN(c3nc4cc(Cl)ccc4c4nnc(-c5cccs5)n34)CC2)cc1. The molecule has 1 saturated heterocycles. The van der Waals surface area contributed by atoms with E-state index in [0.29, 0.717) is 5.02 Å². The summed E-state index contributed by atoms with van der Waals surface area (Å²) in [6.07, 6.45) is 0. The first-order chi connectivity index (χ1) is 16.2. The predicted octanol–water partition coefficient (Wildman–Crippen LogP) is 5.64. The van der Waals surface area contributed by atoms with E-state index in [-0.39, 0.29) is 0 Å². The average Bonchev–Trinajstić information content (AvgIpc) is 3.50. The molecule has 0 saturated carbocycles. The van der Waals surface area contributed by atoms with Gasteiger partial charge in [0.15, 0.2) is 11.5 Å². The molecule has 0 bridgehead atoms. The lowest BCUT2D eigenvalue weighted by Crippen LogP contribution is -2.46. The van der Waals surface area contributed by atoms with Gasteiger partial charge in [-0.15, -0.1) is 21.5 Å². The lowest BCUT2D eigenvalue weighted by Gasteiger charge is -2.35. The third kappa shape index (κ3) is 3.95. The van der Waals surface area contributed by atoms with E-state index in [4.69, 9.17) is 28.2 Å². The van der Waals surface area contributed by atoms with Crippen molar-refractivity contribution >= 4 is 57.0 Å². The van der Waals surface area contributed by atoms with Crippen LogP contribution in [0.15, 0.2) is 60.0 Å². The smallest absolute Gasteiger partial charge is 0.213 e. The van der Waals surface area contributed by atoms with Crippen LogP contribution in [0.2, 0.25) is 10.0 Å². The van der Waals surface area contributed by atoms with Crippen LogP contribution in [0.25, 0.3) is 27.3 Å². The molecule has 1 fully saturated rings. The van der Waals surface area contributed by atoms with Crippen LogP contribution in [0.4, 0.5) is 5.95 Å². The van der Waals surface area contributed by atoms with Gasteiger partial charge in [0.1, 0.15) is 0 Å². The Morgan fingerprint density at radius 3 is 2.42 bits per heavy atom. The van der Waals surface area contributed by atoms with E-state index in [1.165, 1.54) is 5.56 Å². The van der Waals surface area contributed by atoms with Crippen molar-refractivity contribution in [3.8, 4) is 10.7 Å². The predicted molar refractivity (Wildman–Crippen MR) is 136 cm³/mol. The van der Waals surface area contributed by atoms with E-state index in [2.05, 4.69) is 48.0 Å². The van der Waals surface area contributed by atoms with E-state index in [9.17, 15) is 0 Å². The van der Waals surface area contributed by atoms with Crippen molar-refractivity contribution in [1.82, 2.24) is 24.5 Å². The molecule has 0 radical (unpaired) electrons. The van der Waals surface area contributed by atoms with E-state index in [0.717, 1.165) is 70.9 Å². The summed E-state index contributed by atoms with van der Waals surface area (Å²) in [7, 11) is 0. The molecule has 33 heavy (non-hydrogen) atoms. The lowest BCUT2D eigenvalue weighted by atomic mass is 10.2. The number of halogens is 2. The van der Waals surface area contributed by atoms with Gasteiger partial charge in [-0.2, -0.15) is 0 Å². The van der Waals surface area contributed by atoms with E-state index >= 15 is 0 Å². The fourth-order valence-corrected chi connectivity index (χ4v) is 5.31. The highest BCUT2D eigenvalue weighted by Gasteiger charge is 2.24. The number of thiophene rings is 1. The maximum absolute atomic E-state index is 6.29. The average molecular weight is 495 g/mol. The van der Waals surface area contributed by atoms with Gasteiger partial charge in [-0.3, -0.25) is 4.90 Å². The molecule has 6 nitrogen and oxygen atoms in total. The van der Waals surface area contributed by atoms with E-state index in [1.54, 1.807) is 11.3 Å². The van der Waals surface area contributed by atoms with Crippen molar-refractivity contribution in [3.05, 3.63) is 75.6 Å². The van der Waals surface area contributed by atoms with Gasteiger partial charge in [0.2, 0.25) is 5.95 Å². The third-order valence-corrected chi connectivity index (χ3v) is 7.35. The Bertz CT molecular complexity index is 1420. The molecule has 5 aromatic rings. The first-order valence-electron chi connectivity index (χ1n) is 10.8. The maximum atomic E-state index is 6.29.